The highest BCUT2D eigenvalue weighted by Gasteiger charge is 2.36. The van der Waals surface area contributed by atoms with Gasteiger partial charge in [-0.15, -0.1) is 0 Å². The molecule has 1 saturated heterocycles. The first-order valence-electron chi connectivity index (χ1n) is 12.5. The van der Waals surface area contributed by atoms with Crippen LogP contribution >= 0.6 is 0 Å². The lowest BCUT2D eigenvalue weighted by atomic mass is 9.96. The van der Waals surface area contributed by atoms with Gasteiger partial charge in [0.05, 0.1) is 11.2 Å². The Morgan fingerprint density at radius 2 is 1.97 bits per heavy atom. The molecule has 1 aliphatic heterocycles. The normalized spacial score (nSPS) is 21.8. The Labute approximate surface area is 205 Å². The highest BCUT2D eigenvalue weighted by atomic mass is 19.1. The monoisotopic (exact) mass is 473 g/mol. The predicted molar refractivity (Wildman–Crippen MR) is 136 cm³/mol. The van der Waals surface area contributed by atoms with Crippen LogP contribution in [-0.4, -0.2) is 39.6 Å². The van der Waals surface area contributed by atoms with Crippen LogP contribution in [0.5, 0.6) is 0 Å². The maximum Gasteiger partial charge on any atom is 0.252 e. The average Bonchev–Trinajstić information content (AvgIpc) is 3.71. The van der Waals surface area contributed by atoms with E-state index in [0.717, 1.165) is 42.6 Å². The summed E-state index contributed by atoms with van der Waals surface area (Å²) >= 11 is 0. The van der Waals surface area contributed by atoms with Crippen LogP contribution < -0.4 is 10.5 Å². The van der Waals surface area contributed by atoms with Crippen molar-refractivity contribution in [2.24, 2.45) is 7.05 Å². The molecule has 0 bridgehead atoms. The Bertz CT molecular complexity index is 1370. The molecule has 6 nitrogen and oxygen atoms in total. The number of pyridine rings is 2. The predicted octanol–water partition coefficient (Wildman–Crippen LogP) is 4.87. The van der Waals surface area contributed by atoms with Gasteiger partial charge < -0.3 is 9.47 Å². The minimum Gasteiger partial charge on any atom is -0.364 e. The molecule has 1 saturated carbocycles. The lowest BCUT2D eigenvalue weighted by Crippen LogP contribution is -2.58. The zero-order valence-electron chi connectivity index (χ0n) is 20.8. The minimum absolute atomic E-state index is 0.0542. The van der Waals surface area contributed by atoms with E-state index in [1.807, 2.05) is 6.07 Å². The van der Waals surface area contributed by atoms with Gasteiger partial charge in [-0.1, -0.05) is 19.1 Å². The molecule has 2 fully saturated rings. The summed E-state index contributed by atoms with van der Waals surface area (Å²) < 4.78 is 16.7. The zero-order valence-corrected chi connectivity index (χ0v) is 20.8. The quantitative estimate of drug-likeness (QED) is 0.529. The van der Waals surface area contributed by atoms with E-state index >= 15 is 4.39 Å². The molecular weight excluding hydrogens is 441 g/mol. The Morgan fingerprint density at radius 3 is 2.63 bits per heavy atom. The van der Waals surface area contributed by atoms with Crippen LogP contribution in [0.1, 0.15) is 68.8 Å². The number of fused-ring (bicyclic) bond motifs is 1. The molecule has 0 N–H and O–H groups in total. The summed E-state index contributed by atoms with van der Waals surface area (Å²) in [6, 6.07) is 13.2. The molecule has 7 heteroatoms. The third kappa shape index (κ3) is 4.21. The molecule has 2 aliphatic rings. The maximum atomic E-state index is 15.1. The molecule has 35 heavy (non-hydrogen) atoms. The van der Waals surface area contributed by atoms with E-state index in [4.69, 9.17) is 0 Å². The van der Waals surface area contributed by atoms with E-state index in [1.165, 1.54) is 0 Å². The molecule has 3 heterocycles. The zero-order chi connectivity index (χ0) is 24.9. The van der Waals surface area contributed by atoms with Crippen molar-refractivity contribution in [3.8, 4) is 6.07 Å². The van der Waals surface area contributed by atoms with Gasteiger partial charge in [-0.05, 0) is 62.8 Å². The molecule has 3 aromatic rings. The summed E-state index contributed by atoms with van der Waals surface area (Å²) in [6.45, 7) is 7.81. The van der Waals surface area contributed by atoms with Crippen molar-refractivity contribution in [2.45, 2.75) is 64.1 Å². The molecule has 0 radical (unpaired) electrons. The topological polar surface area (TPSA) is 65.2 Å². The van der Waals surface area contributed by atoms with Gasteiger partial charge in [0.15, 0.2) is 0 Å². The highest BCUT2D eigenvalue weighted by molar-refractivity contribution is 5.89. The number of nitrogens with zero attached hydrogens (tertiary/aromatic N) is 5. The molecule has 5 rings (SSSR count). The van der Waals surface area contributed by atoms with Crippen LogP contribution in [0.3, 0.4) is 0 Å². The molecule has 1 aromatic carbocycles. The average molecular weight is 474 g/mol. The summed E-state index contributed by atoms with van der Waals surface area (Å²) in [7, 11) is 1.73. The first-order valence-corrected chi connectivity index (χ1v) is 12.5. The van der Waals surface area contributed by atoms with E-state index in [9.17, 15) is 10.1 Å². The summed E-state index contributed by atoms with van der Waals surface area (Å²) in [6.07, 6.45) is 3.22. The fraction of sp³-hybridized carbons (Fsp3) is 0.464. The fourth-order valence-corrected chi connectivity index (χ4v) is 5.56. The van der Waals surface area contributed by atoms with E-state index in [0.29, 0.717) is 29.2 Å². The van der Waals surface area contributed by atoms with Gasteiger partial charge in [0.25, 0.3) is 5.56 Å². The number of hydrogen-bond acceptors (Lipinski definition) is 5. The molecule has 1 unspecified atom stereocenters. The van der Waals surface area contributed by atoms with Crippen LogP contribution in [0.4, 0.5) is 10.1 Å². The van der Waals surface area contributed by atoms with Crippen molar-refractivity contribution in [3.63, 3.8) is 0 Å². The lowest BCUT2D eigenvalue weighted by molar-refractivity contribution is 0.104. The SMILES string of the molecule is CC[C@@H]1CN(c2cc(=O)n(C)c3ccc(C#N)nc23)[C@@H](C)CN1C(C)c1ccc(C2CC2)cc1F. The summed E-state index contributed by atoms with van der Waals surface area (Å²) in [5, 5.41) is 9.40. The van der Waals surface area contributed by atoms with Gasteiger partial charge in [0.2, 0.25) is 0 Å². The molecule has 1 aliphatic carbocycles. The summed E-state index contributed by atoms with van der Waals surface area (Å²) in [5.41, 5.74) is 4.22. The standard InChI is InChI=1S/C28H32FN5O/c1-5-22-16-33(26-13-27(35)32(4)25-11-9-21(14-30)31-28(25)26)17(2)15-34(22)18(3)23-10-8-20(12-24(23)29)19-6-7-19/h8-13,17-19,22H,5-7,15-16H2,1-4H3/t17-,18?,22+/m0/s1. The van der Waals surface area contributed by atoms with Gasteiger partial charge in [-0.3, -0.25) is 9.69 Å². The minimum atomic E-state index is -0.113. The largest absolute Gasteiger partial charge is 0.364 e. The third-order valence-electron chi connectivity index (χ3n) is 7.87. The molecule has 3 atom stereocenters. The van der Waals surface area contributed by atoms with Crippen LogP contribution in [0.2, 0.25) is 0 Å². The van der Waals surface area contributed by atoms with Crippen LogP contribution in [-0.2, 0) is 7.05 Å². The van der Waals surface area contributed by atoms with Gasteiger partial charge in [0.1, 0.15) is 23.1 Å². The second-order valence-electron chi connectivity index (χ2n) is 10.1. The molecule has 0 spiro atoms. The first-order chi connectivity index (χ1) is 16.8. The second kappa shape index (κ2) is 9.09. The van der Waals surface area contributed by atoms with Crippen LogP contribution in [0, 0.1) is 17.1 Å². The molecule has 182 valence electrons. The van der Waals surface area contributed by atoms with Gasteiger partial charge in [-0.25, -0.2) is 9.37 Å². The maximum absolute atomic E-state index is 15.1. The van der Waals surface area contributed by atoms with Crippen molar-refractivity contribution in [3.05, 3.63) is 69.4 Å². The Morgan fingerprint density at radius 1 is 1.20 bits per heavy atom. The number of halogens is 1. The first kappa shape index (κ1) is 23.5. The van der Waals surface area contributed by atoms with Crippen molar-refractivity contribution < 1.29 is 4.39 Å². The van der Waals surface area contributed by atoms with Crippen molar-refractivity contribution in [1.82, 2.24) is 14.5 Å². The Hall–Kier alpha value is -3.24. The number of piperazine rings is 1. The number of nitriles is 1. The molecular formula is C28H32FN5O. The van der Waals surface area contributed by atoms with Gasteiger partial charge >= 0.3 is 0 Å². The highest BCUT2D eigenvalue weighted by Crippen LogP contribution is 2.41. The van der Waals surface area contributed by atoms with Crippen molar-refractivity contribution in [1.29, 1.82) is 5.26 Å². The smallest absolute Gasteiger partial charge is 0.252 e. The number of aryl methyl sites for hydroxylation is 1. The number of rotatable bonds is 5. The third-order valence-corrected chi connectivity index (χ3v) is 7.87. The summed E-state index contributed by atoms with van der Waals surface area (Å²) in [5.74, 6) is 0.419. The van der Waals surface area contributed by atoms with Crippen molar-refractivity contribution in [2.75, 3.05) is 18.0 Å². The van der Waals surface area contributed by atoms with E-state index in [-0.39, 0.29) is 29.5 Å². The fourth-order valence-electron chi connectivity index (χ4n) is 5.56. The lowest BCUT2D eigenvalue weighted by Gasteiger charge is -2.48. The number of anilines is 1. The molecule has 2 aromatic heterocycles. The van der Waals surface area contributed by atoms with Gasteiger partial charge in [-0.2, -0.15) is 5.26 Å². The summed E-state index contributed by atoms with van der Waals surface area (Å²) in [4.78, 5) is 22.0. The van der Waals surface area contributed by atoms with E-state index < -0.39 is 0 Å². The Kier molecular flexibility index (Phi) is 6.10. The number of aromatic nitrogens is 2. The van der Waals surface area contributed by atoms with E-state index in [2.05, 4.69) is 47.7 Å². The number of benzene rings is 1. The molecule has 0 amide bonds. The second-order valence-corrected chi connectivity index (χ2v) is 10.1. The van der Waals surface area contributed by atoms with Crippen molar-refractivity contribution >= 4 is 16.7 Å². The van der Waals surface area contributed by atoms with E-state index in [1.54, 1.807) is 35.9 Å². The van der Waals surface area contributed by atoms with Gasteiger partial charge in [0, 0.05) is 49.9 Å². The van der Waals surface area contributed by atoms with Crippen LogP contribution in [0.25, 0.3) is 11.0 Å². The van der Waals surface area contributed by atoms with Crippen LogP contribution in [0.15, 0.2) is 41.2 Å². The number of hydrogen-bond donors (Lipinski definition) is 0. The Balaban J connectivity index is 1.48.